The zero-order valence-corrected chi connectivity index (χ0v) is 9.36. The molecule has 1 aromatic rings. The molecule has 0 aliphatic carbocycles. The van der Waals surface area contributed by atoms with Crippen LogP contribution in [0, 0.1) is 12.3 Å². The summed E-state index contributed by atoms with van der Waals surface area (Å²) in [6.07, 6.45) is 5.16. The van der Waals surface area contributed by atoms with Gasteiger partial charge in [0.25, 0.3) is 5.91 Å². The average Bonchev–Trinajstić information content (AvgIpc) is 2.59. The molecular formula is C10H10ClNOS. The van der Waals surface area contributed by atoms with E-state index < -0.39 is 0 Å². The zero-order valence-electron chi connectivity index (χ0n) is 7.79. The summed E-state index contributed by atoms with van der Waals surface area (Å²) >= 11 is 7.18. The second-order valence-electron chi connectivity index (χ2n) is 2.62. The van der Waals surface area contributed by atoms with E-state index in [0.29, 0.717) is 23.0 Å². The summed E-state index contributed by atoms with van der Waals surface area (Å²) in [7, 11) is 0. The Balaban J connectivity index is 2.84. The Morgan fingerprint density at radius 2 is 2.50 bits per heavy atom. The van der Waals surface area contributed by atoms with Crippen molar-refractivity contribution in [2.24, 2.45) is 0 Å². The number of hydrogen-bond acceptors (Lipinski definition) is 2. The molecule has 1 rings (SSSR count). The lowest BCUT2D eigenvalue weighted by molar-refractivity contribution is 0.0790. The summed E-state index contributed by atoms with van der Waals surface area (Å²) in [6, 6.07) is 1.71. The van der Waals surface area contributed by atoms with Gasteiger partial charge in [0.15, 0.2) is 0 Å². The number of nitrogens with zero attached hydrogens (tertiary/aromatic N) is 1. The van der Waals surface area contributed by atoms with E-state index in [1.54, 1.807) is 16.3 Å². The fourth-order valence-corrected chi connectivity index (χ4v) is 2.13. The quantitative estimate of drug-likeness (QED) is 0.727. The van der Waals surface area contributed by atoms with Gasteiger partial charge in [-0.15, -0.1) is 17.8 Å². The SMILES string of the molecule is C#CCN(CC)C(=O)c1sccc1Cl. The van der Waals surface area contributed by atoms with Crippen LogP contribution in [0.5, 0.6) is 0 Å². The average molecular weight is 228 g/mol. The molecule has 0 unspecified atom stereocenters. The van der Waals surface area contributed by atoms with Gasteiger partial charge in [-0.3, -0.25) is 4.79 Å². The molecule has 0 aromatic carbocycles. The molecule has 4 heteroatoms. The zero-order chi connectivity index (χ0) is 10.6. The van der Waals surface area contributed by atoms with Gasteiger partial charge in [0, 0.05) is 6.54 Å². The van der Waals surface area contributed by atoms with E-state index in [0.717, 1.165) is 0 Å². The first-order valence-corrected chi connectivity index (χ1v) is 5.42. The van der Waals surface area contributed by atoms with Gasteiger partial charge in [0.2, 0.25) is 0 Å². The maximum atomic E-state index is 11.8. The predicted octanol–water partition coefficient (Wildman–Crippen LogP) is 2.50. The first-order valence-electron chi connectivity index (χ1n) is 4.16. The Labute approximate surface area is 92.5 Å². The van der Waals surface area contributed by atoms with Crippen LogP contribution in [-0.4, -0.2) is 23.9 Å². The normalized spacial score (nSPS) is 9.50. The van der Waals surface area contributed by atoms with Crippen LogP contribution in [-0.2, 0) is 0 Å². The van der Waals surface area contributed by atoms with Crippen molar-refractivity contribution in [1.82, 2.24) is 4.90 Å². The number of hydrogen-bond donors (Lipinski definition) is 0. The monoisotopic (exact) mass is 227 g/mol. The lowest BCUT2D eigenvalue weighted by Gasteiger charge is -2.16. The summed E-state index contributed by atoms with van der Waals surface area (Å²) in [5, 5.41) is 2.29. The number of terminal acetylenes is 1. The molecule has 0 atom stereocenters. The number of thiophene rings is 1. The lowest BCUT2D eigenvalue weighted by Crippen LogP contribution is -2.30. The van der Waals surface area contributed by atoms with Crippen molar-refractivity contribution in [3.63, 3.8) is 0 Å². The van der Waals surface area contributed by atoms with Gasteiger partial charge in [-0.1, -0.05) is 17.5 Å². The highest BCUT2D eigenvalue weighted by Crippen LogP contribution is 2.23. The molecule has 0 bridgehead atoms. The molecule has 0 fully saturated rings. The Bertz CT molecular complexity index is 366. The highest BCUT2D eigenvalue weighted by molar-refractivity contribution is 7.12. The van der Waals surface area contributed by atoms with Gasteiger partial charge >= 0.3 is 0 Å². The van der Waals surface area contributed by atoms with Crippen molar-refractivity contribution in [2.75, 3.05) is 13.1 Å². The van der Waals surface area contributed by atoms with Gasteiger partial charge in [0.05, 0.1) is 11.6 Å². The van der Waals surface area contributed by atoms with Crippen molar-refractivity contribution < 1.29 is 4.79 Å². The molecule has 0 radical (unpaired) electrons. The highest BCUT2D eigenvalue weighted by atomic mass is 35.5. The fraction of sp³-hybridized carbons (Fsp3) is 0.300. The van der Waals surface area contributed by atoms with E-state index in [9.17, 15) is 4.79 Å². The van der Waals surface area contributed by atoms with Crippen LogP contribution >= 0.6 is 22.9 Å². The third-order valence-corrected chi connectivity index (χ3v) is 3.09. The van der Waals surface area contributed by atoms with Crippen molar-refractivity contribution in [2.45, 2.75) is 6.92 Å². The molecule has 0 saturated carbocycles. The minimum atomic E-state index is -0.0922. The van der Waals surface area contributed by atoms with E-state index in [4.69, 9.17) is 18.0 Å². The van der Waals surface area contributed by atoms with Crippen LogP contribution < -0.4 is 0 Å². The van der Waals surface area contributed by atoms with Crippen molar-refractivity contribution in [3.8, 4) is 12.3 Å². The van der Waals surface area contributed by atoms with Gasteiger partial charge < -0.3 is 4.90 Å². The van der Waals surface area contributed by atoms with Crippen LogP contribution in [0.2, 0.25) is 5.02 Å². The number of rotatable bonds is 3. The lowest BCUT2D eigenvalue weighted by atomic mass is 10.4. The molecule has 2 nitrogen and oxygen atoms in total. The number of amides is 1. The van der Waals surface area contributed by atoms with E-state index in [-0.39, 0.29) is 5.91 Å². The van der Waals surface area contributed by atoms with Gasteiger partial charge in [-0.25, -0.2) is 0 Å². The smallest absolute Gasteiger partial charge is 0.266 e. The second-order valence-corrected chi connectivity index (χ2v) is 3.94. The predicted molar refractivity (Wildman–Crippen MR) is 59.7 cm³/mol. The molecule has 1 amide bonds. The highest BCUT2D eigenvalue weighted by Gasteiger charge is 2.17. The topological polar surface area (TPSA) is 20.3 Å². The molecule has 14 heavy (non-hydrogen) atoms. The molecular weight excluding hydrogens is 218 g/mol. The van der Waals surface area contributed by atoms with E-state index >= 15 is 0 Å². The van der Waals surface area contributed by atoms with Crippen LogP contribution in [0.1, 0.15) is 16.6 Å². The first-order chi connectivity index (χ1) is 6.70. The molecule has 74 valence electrons. The Kier molecular flexibility index (Phi) is 3.99. The molecule has 0 spiro atoms. The Morgan fingerprint density at radius 3 is 2.93 bits per heavy atom. The van der Waals surface area contributed by atoms with E-state index in [1.807, 2.05) is 6.92 Å². The van der Waals surface area contributed by atoms with Crippen molar-refractivity contribution in [1.29, 1.82) is 0 Å². The van der Waals surface area contributed by atoms with Crippen LogP contribution in [0.25, 0.3) is 0 Å². The summed E-state index contributed by atoms with van der Waals surface area (Å²) in [5.74, 6) is 2.36. The standard InChI is InChI=1S/C10H10ClNOS/c1-3-6-12(4-2)10(13)9-8(11)5-7-14-9/h1,5,7H,4,6H2,2H3. The van der Waals surface area contributed by atoms with Crippen LogP contribution in [0.4, 0.5) is 0 Å². The van der Waals surface area contributed by atoms with Crippen LogP contribution in [0.3, 0.4) is 0 Å². The van der Waals surface area contributed by atoms with Crippen molar-refractivity contribution >= 4 is 28.8 Å². The summed E-state index contributed by atoms with van der Waals surface area (Å²) in [5.41, 5.74) is 0. The minimum absolute atomic E-state index is 0.0922. The maximum Gasteiger partial charge on any atom is 0.266 e. The third kappa shape index (κ3) is 2.28. The molecule has 1 heterocycles. The van der Waals surface area contributed by atoms with E-state index in [1.165, 1.54) is 11.3 Å². The number of carbonyl (C=O) groups is 1. The van der Waals surface area contributed by atoms with Gasteiger partial charge in [0.1, 0.15) is 4.88 Å². The molecule has 0 aliphatic heterocycles. The molecule has 0 aliphatic rings. The number of carbonyl (C=O) groups excluding carboxylic acids is 1. The van der Waals surface area contributed by atoms with Gasteiger partial charge in [-0.2, -0.15) is 0 Å². The summed E-state index contributed by atoms with van der Waals surface area (Å²) < 4.78 is 0. The Morgan fingerprint density at radius 1 is 1.79 bits per heavy atom. The summed E-state index contributed by atoms with van der Waals surface area (Å²) in [4.78, 5) is 13.9. The molecule has 0 saturated heterocycles. The summed E-state index contributed by atoms with van der Waals surface area (Å²) in [6.45, 7) is 2.80. The number of halogens is 1. The fourth-order valence-electron chi connectivity index (χ4n) is 1.03. The largest absolute Gasteiger partial charge is 0.327 e. The van der Waals surface area contributed by atoms with Crippen LogP contribution in [0.15, 0.2) is 11.4 Å². The third-order valence-electron chi connectivity index (χ3n) is 1.76. The van der Waals surface area contributed by atoms with E-state index in [2.05, 4.69) is 5.92 Å². The maximum absolute atomic E-state index is 11.8. The second kappa shape index (κ2) is 5.04. The molecule has 1 aromatic heterocycles. The Hall–Kier alpha value is -0.980. The first kappa shape index (κ1) is 11.1. The van der Waals surface area contributed by atoms with Gasteiger partial charge in [-0.05, 0) is 18.4 Å². The molecule has 0 N–H and O–H groups in total. The minimum Gasteiger partial charge on any atom is -0.327 e. The van der Waals surface area contributed by atoms with Crippen molar-refractivity contribution in [3.05, 3.63) is 21.3 Å².